The number of nitrogens with two attached hydrogens (primary N) is 1. The fourth-order valence-electron chi connectivity index (χ4n) is 2.53. The number of primary amides is 1. The molecule has 1 aromatic carbocycles. The van der Waals surface area contributed by atoms with Crippen LogP contribution in [0.5, 0.6) is 17.2 Å². The van der Waals surface area contributed by atoms with Gasteiger partial charge in [0.25, 0.3) is 11.8 Å². The summed E-state index contributed by atoms with van der Waals surface area (Å²) in [5.74, 6) is -0.0462. The van der Waals surface area contributed by atoms with E-state index in [1.807, 2.05) is 27.7 Å². The first-order valence-electron chi connectivity index (χ1n) is 9.60. The summed E-state index contributed by atoms with van der Waals surface area (Å²) in [5.41, 5.74) is 9.90. The molecule has 10 nitrogen and oxygen atoms in total. The van der Waals surface area contributed by atoms with Crippen LogP contribution >= 0.6 is 0 Å². The first kappa shape index (κ1) is 23.9. The third-order valence-electron chi connectivity index (χ3n) is 3.68. The van der Waals surface area contributed by atoms with Gasteiger partial charge in [-0.3, -0.25) is 20.4 Å². The minimum absolute atomic E-state index is 0.204. The summed E-state index contributed by atoms with van der Waals surface area (Å²) in [7, 11) is 0. The second-order valence-corrected chi connectivity index (χ2v) is 5.89. The largest absolute Gasteiger partial charge is 0.490 e. The van der Waals surface area contributed by atoms with E-state index < -0.39 is 23.9 Å². The van der Waals surface area contributed by atoms with Gasteiger partial charge < -0.3 is 25.3 Å². The Kier molecular flexibility index (Phi) is 10.1. The Balaban J connectivity index is 2.99. The molecule has 0 saturated heterocycles. The van der Waals surface area contributed by atoms with E-state index in [0.717, 1.165) is 0 Å². The lowest BCUT2D eigenvalue weighted by Gasteiger charge is -2.18. The normalized spacial score (nSPS) is 11.2. The Hall–Kier alpha value is -3.17. The lowest BCUT2D eigenvalue weighted by molar-refractivity contribution is -0.123. The number of benzene rings is 1. The van der Waals surface area contributed by atoms with Crippen molar-refractivity contribution in [2.24, 2.45) is 5.73 Å². The zero-order valence-corrected chi connectivity index (χ0v) is 17.3. The summed E-state index contributed by atoms with van der Waals surface area (Å²) in [6.45, 7) is 8.43. The molecule has 4 amide bonds. The summed E-state index contributed by atoms with van der Waals surface area (Å²) in [6, 6.07) is 1.34. The minimum atomic E-state index is -0.851. The molecule has 0 bridgehead atoms. The quantitative estimate of drug-likeness (QED) is 0.407. The second kappa shape index (κ2) is 12.3. The number of hydrogen-bond donors (Lipinski definition) is 4. The van der Waals surface area contributed by atoms with Crippen LogP contribution in [0.4, 0.5) is 4.79 Å². The molecule has 0 radical (unpaired) electrons. The summed E-state index contributed by atoms with van der Waals surface area (Å²) in [5, 5.41) is 2.34. The van der Waals surface area contributed by atoms with Gasteiger partial charge in [0.05, 0.1) is 19.8 Å². The standard InChI is InChI=1S/C19H30N4O6/c1-5-9-13(21-19(20)26)18(25)23-22-17(24)12-10-14(27-6-2)16(29-8-4)15(11-12)28-7-3/h10-11,13H,5-9H2,1-4H3,(H,22,24)(H,23,25)(H3,20,21,26). The van der Waals surface area contributed by atoms with Gasteiger partial charge in [0, 0.05) is 5.56 Å². The number of urea groups is 1. The maximum Gasteiger partial charge on any atom is 0.312 e. The van der Waals surface area contributed by atoms with E-state index >= 15 is 0 Å². The highest BCUT2D eigenvalue weighted by molar-refractivity contribution is 5.97. The van der Waals surface area contributed by atoms with Crippen molar-refractivity contribution < 1.29 is 28.6 Å². The van der Waals surface area contributed by atoms with Gasteiger partial charge in [-0.05, 0) is 39.3 Å². The molecular weight excluding hydrogens is 380 g/mol. The van der Waals surface area contributed by atoms with Crippen molar-refractivity contribution in [3.05, 3.63) is 17.7 Å². The molecule has 1 unspecified atom stereocenters. The van der Waals surface area contributed by atoms with Crippen molar-refractivity contribution in [2.45, 2.75) is 46.6 Å². The van der Waals surface area contributed by atoms with Crippen molar-refractivity contribution >= 4 is 17.8 Å². The zero-order valence-electron chi connectivity index (χ0n) is 17.3. The van der Waals surface area contributed by atoms with Gasteiger partial charge in [-0.2, -0.15) is 0 Å². The number of amides is 4. The lowest BCUT2D eigenvalue weighted by atomic mass is 10.1. The molecule has 0 fully saturated rings. The van der Waals surface area contributed by atoms with Crippen LogP contribution in [-0.4, -0.2) is 43.7 Å². The highest BCUT2D eigenvalue weighted by atomic mass is 16.5. The molecule has 0 saturated carbocycles. The third kappa shape index (κ3) is 7.40. The van der Waals surface area contributed by atoms with E-state index in [9.17, 15) is 14.4 Å². The molecule has 0 aromatic heterocycles. The van der Waals surface area contributed by atoms with Gasteiger partial charge in [-0.15, -0.1) is 0 Å². The molecule has 1 atom stereocenters. The van der Waals surface area contributed by atoms with Crippen molar-refractivity contribution in [2.75, 3.05) is 19.8 Å². The van der Waals surface area contributed by atoms with E-state index in [1.54, 1.807) is 0 Å². The van der Waals surface area contributed by atoms with Crippen LogP contribution in [0.1, 0.15) is 50.9 Å². The molecule has 5 N–H and O–H groups in total. The first-order chi connectivity index (χ1) is 13.9. The van der Waals surface area contributed by atoms with Crippen LogP contribution in [0, 0.1) is 0 Å². The fraction of sp³-hybridized carbons (Fsp3) is 0.526. The summed E-state index contributed by atoms with van der Waals surface area (Å²) < 4.78 is 16.7. The van der Waals surface area contributed by atoms with Gasteiger partial charge in [0.15, 0.2) is 11.5 Å². The molecule has 1 rings (SSSR count). The smallest absolute Gasteiger partial charge is 0.312 e. The third-order valence-corrected chi connectivity index (χ3v) is 3.68. The highest BCUT2D eigenvalue weighted by Gasteiger charge is 2.21. The predicted octanol–water partition coefficient (Wildman–Crippen LogP) is 1.48. The van der Waals surface area contributed by atoms with Crippen molar-refractivity contribution in [3.8, 4) is 17.2 Å². The first-order valence-corrected chi connectivity index (χ1v) is 9.60. The number of hydrazine groups is 1. The number of carbonyl (C=O) groups excluding carboxylic acids is 3. The van der Waals surface area contributed by atoms with Crippen LogP contribution in [0.25, 0.3) is 0 Å². The molecule has 0 spiro atoms. The number of carbonyl (C=O) groups is 3. The van der Waals surface area contributed by atoms with Gasteiger partial charge in [-0.1, -0.05) is 13.3 Å². The van der Waals surface area contributed by atoms with Gasteiger partial charge >= 0.3 is 6.03 Å². The van der Waals surface area contributed by atoms with Gasteiger partial charge in [0.1, 0.15) is 6.04 Å². The van der Waals surface area contributed by atoms with E-state index in [0.29, 0.717) is 49.9 Å². The molecule has 29 heavy (non-hydrogen) atoms. The molecule has 0 heterocycles. The monoisotopic (exact) mass is 410 g/mol. The molecule has 0 aliphatic rings. The average molecular weight is 410 g/mol. The number of nitrogens with one attached hydrogen (secondary N) is 3. The molecule has 0 aliphatic carbocycles. The molecule has 162 valence electrons. The SMILES string of the molecule is CCCC(NC(N)=O)C(=O)NNC(=O)c1cc(OCC)c(OCC)c(OCC)c1. The van der Waals surface area contributed by atoms with Crippen LogP contribution in [0.2, 0.25) is 0 Å². The average Bonchev–Trinajstić information content (AvgIpc) is 2.67. The number of ether oxygens (including phenoxy) is 3. The summed E-state index contributed by atoms with van der Waals surface area (Å²) in [4.78, 5) is 35.8. The van der Waals surface area contributed by atoms with E-state index in [4.69, 9.17) is 19.9 Å². The van der Waals surface area contributed by atoms with Crippen molar-refractivity contribution in [3.63, 3.8) is 0 Å². The van der Waals surface area contributed by atoms with Crippen LogP contribution in [-0.2, 0) is 4.79 Å². The number of hydrogen-bond acceptors (Lipinski definition) is 6. The van der Waals surface area contributed by atoms with Gasteiger partial charge in [-0.25, -0.2) is 4.79 Å². The Labute approximate surface area is 170 Å². The molecule has 1 aromatic rings. The van der Waals surface area contributed by atoms with Crippen LogP contribution in [0.15, 0.2) is 12.1 Å². The minimum Gasteiger partial charge on any atom is -0.490 e. The Morgan fingerprint density at radius 1 is 0.931 bits per heavy atom. The van der Waals surface area contributed by atoms with E-state index in [1.165, 1.54) is 12.1 Å². The van der Waals surface area contributed by atoms with Gasteiger partial charge in [0.2, 0.25) is 5.75 Å². The zero-order chi connectivity index (χ0) is 21.8. The van der Waals surface area contributed by atoms with E-state index in [2.05, 4.69) is 16.2 Å². The molecule has 10 heteroatoms. The summed E-state index contributed by atoms with van der Waals surface area (Å²) >= 11 is 0. The fourth-order valence-corrected chi connectivity index (χ4v) is 2.53. The lowest BCUT2D eigenvalue weighted by Crippen LogP contribution is -2.53. The summed E-state index contributed by atoms with van der Waals surface area (Å²) in [6.07, 6.45) is 1.01. The van der Waals surface area contributed by atoms with E-state index in [-0.39, 0.29) is 5.56 Å². The maximum atomic E-state index is 12.5. The van der Waals surface area contributed by atoms with Crippen LogP contribution < -0.4 is 36.1 Å². The molecular formula is C19H30N4O6. The predicted molar refractivity (Wildman–Crippen MR) is 107 cm³/mol. The van der Waals surface area contributed by atoms with Crippen molar-refractivity contribution in [1.82, 2.24) is 16.2 Å². The topological polar surface area (TPSA) is 141 Å². The maximum absolute atomic E-state index is 12.5. The highest BCUT2D eigenvalue weighted by Crippen LogP contribution is 2.39. The Morgan fingerprint density at radius 2 is 1.48 bits per heavy atom. The van der Waals surface area contributed by atoms with Crippen molar-refractivity contribution in [1.29, 1.82) is 0 Å². The molecule has 0 aliphatic heterocycles. The second-order valence-electron chi connectivity index (χ2n) is 5.89. The Bertz CT molecular complexity index is 683. The Morgan fingerprint density at radius 3 is 1.93 bits per heavy atom. The number of rotatable bonds is 11. The van der Waals surface area contributed by atoms with Crippen LogP contribution in [0.3, 0.4) is 0 Å².